The lowest BCUT2D eigenvalue weighted by Gasteiger charge is -2.27. The summed E-state index contributed by atoms with van der Waals surface area (Å²) >= 11 is 0. The van der Waals surface area contributed by atoms with Gasteiger partial charge in [-0.15, -0.1) is 0 Å². The maximum atomic E-state index is 15.3. The lowest BCUT2D eigenvalue weighted by Crippen LogP contribution is -2.50. The maximum absolute atomic E-state index is 15.3. The zero-order valence-electron chi connectivity index (χ0n) is 19.1. The minimum atomic E-state index is -1.57. The summed E-state index contributed by atoms with van der Waals surface area (Å²) < 4.78 is 16.7. The number of rotatable bonds is 6. The van der Waals surface area contributed by atoms with Crippen LogP contribution in [0.25, 0.3) is 10.9 Å². The average Bonchev–Trinajstić information content (AvgIpc) is 3.65. The highest BCUT2D eigenvalue weighted by molar-refractivity contribution is 6.04. The normalized spacial score (nSPS) is 28.6. The van der Waals surface area contributed by atoms with Crippen LogP contribution in [-0.2, 0) is 21.8 Å². The third-order valence-electron chi connectivity index (χ3n) is 7.45. The SMILES string of the molecule is Cc1cc2c(C(N)=O)nn(CC(=O)N3[C@@H]4C[C@@H]4C[C@H]3C(=O)N[C@@H]3C[C@@]3(F)c3ccccc3)c2cn1. The largest absolute Gasteiger partial charge is 0.364 e. The number of nitrogens with two attached hydrogens (primary N) is 1. The van der Waals surface area contributed by atoms with Crippen molar-refractivity contribution in [2.45, 2.75) is 56.5 Å². The Hall–Kier alpha value is -3.82. The number of piperidine rings is 1. The molecule has 6 rings (SSSR count). The fourth-order valence-electron chi connectivity index (χ4n) is 5.44. The molecule has 180 valence electrons. The molecule has 3 aromatic rings. The molecule has 35 heavy (non-hydrogen) atoms. The lowest BCUT2D eigenvalue weighted by atomic mass is 10.1. The zero-order chi connectivity index (χ0) is 24.5. The number of nitrogens with zero attached hydrogens (tertiary/aromatic N) is 4. The molecule has 2 aromatic heterocycles. The van der Waals surface area contributed by atoms with E-state index in [9.17, 15) is 14.4 Å². The number of amides is 3. The number of likely N-dealkylation sites (tertiary alicyclic amines) is 1. The van der Waals surface area contributed by atoms with Crippen LogP contribution in [0.2, 0.25) is 0 Å². The number of alkyl halides is 1. The minimum Gasteiger partial charge on any atom is -0.364 e. The highest BCUT2D eigenvalue weighted by Crippen LogP contribution is 2.51. The van der Waals surface area contributed by atoms with Gasteiger partial charge >= 0.3 is 0 Å². The number of carbonyl (C=O) groups is 3. The van der Waals surface area contributed by atoms with Gasteiger partial charge in [-0.1, -0.05) is 30.3 Å². The number of carbonyl (C=O) groups excluding carboxylic acids is 3. The summed E-state index contributed by atoms with van der Waals surface area (Å²) in [5, 5.41) is 7.63. The third kappa shape index (κ3) is 3.55. The number of aryl methyl sites for hydroxylation is 1. The molecule has 3 aliphatic rings. The molecule has 5 atom stereocenters. The van der Waals surface area contributed by atoms with E-state index in [2.05, 4.69) is 15.4 Å². The van der Waals surface area contributed by atoms with Gasteiger partial charge in [0, 0.05) is 23.5 Å². The Labute approximate surface area is 200 Å². The predicted molar refractivity (Wildman–Crippen MR) is 124 cm³/mol. The van der Waals surface area contributed by atoms with Crippen LogP contribution in [0.15, 0.2) is 42.6 Å². The number of fused-ring (bicyclic) bond motifs is 2. The number of hydrogen-bond acceptors (Lipinski definition) is 5. The van der Waals surface area contributed by atoms with Gasteiger partial charge in [0.1, 0.15) is 12.6 Å². The fraction of sp³-hybridized carbons (Fsp3) is 0.400. The molecular weight excluding hydrogens is 451 g/mol. The lowest BCUT2D eigenvalue weighted by molar-refractivity contribution is -0.140. The quantitative estimate of drug-likeness (QED) is 0.559. The Morgan fingerprint density at radius 1 is 1.23 bits per heavy atom. The molecule has 0 radical (unpaired) electrons. The van der Waals surface area contributed by atoms with Crippen molar-refractivity contribution in [1.82, 2.24) is 25.0 Å². The van der Waals surface area contributed by atoms with Crippen LogP contribution in [0.1, 0.15) is 41.0 Å². The van der Waals surface area contributed by atoms with Gasteiger partial charge in [0.05, 0.1) is 17.8 Å². The van der Waals surface area contributed by atoms with E-state index in [1.54, 1.807) is 48.4 Å². The van der Waals surface area contributed by atoms with Crippen LogP contribution in [-0.4, -0.2) is 55.5 Å². The monoisotopic (exact) mass is 476 g/mol. The molecule has 3 heterocycles. The van der Waals surface area contributed by atoms with E-state index in [0.717, 1.165) is 6.42 Å². The number of hydrogen-bond donors (Lipinski definition) is 2. The molecule has 1 saturated heterocycles. The van der Waals surface area contributed by atoms with Gasteiger partial charge in [-0.2, -0.15) is 5.10 Å². The second kappa shape index (κ2) is 7.59. The average molecular weight is 477 g/mol. The van der Waals surface area contributed by atoms with Gasteiger partial charge in [-0.25, -0.2) is 4.39 Å². The number of halogens is 1. The fourth-order valence-corrected chi connectivity index (χ4v) is 5.44. The van der Waals surface area contributed by atoms with E-state index in [4.69, 9.17) is 5.73 Å². The van der Waals surface area contributed by atoms with E-state index in [1.807, 2.05) is 6.07 Å². The summed E-state index contributed by atoms with van der Waals surface area (Å²) in [7, 11) is 0. The number of aromatic nitrogens is 3. The molecule has 3 N–H and O–H groups in total. The molecule has 1 aliphatic heterocycles. The number of nitrogens with one attached hydrogen (secondary N) is 1. The Morgan fingerprint density at radius 2 is 2.00 bits per heavy atom. The van der Waals surface area contributed by atoms with Crippen molar-refractivity contribution in [2.75, 3.05) is 0 Å². The molecule has 0 unspecified atom stereocenters. The summed E-state index contributed by atoms with van der Waals surface area (Å²) in [6.45, 7) is 1.64. The van der Waals surface area contributed by atoms with Gasteiger partial charge < -0.3 is 16.0 Å². The smallest absolute Gasteiger partial charge is 0.269 e. The minimum absolute atomic E-state index is 0.000447. The number of pyridine rings is 1. The molecule has 1 aromatic carbocycles. The second-order valence-corrected chi connectivity index (χ2v) is 9.82. The van der Waals surface area contributed by atoms with Crippen molar-refractivity contribution >= 4 is 28.6 Å². The van der Waals surface area contributed by atoms with Gasteiger partial charge in [0.25, 0.3) is 5.91 Å². The summed E-state index contributed by atoms with van der Waals surface area (Å²) in [5.41, 5.74) is 5.76. The standard InChI is InChI=1S/C25H25FN6O3/c1-13-7-16-19(11-28-13)31(30-22(16)23(27)34)12-21(33)32-17-8-14(17)9-18(32)24(35)29-20-10-25(20,26)15-5-3-2-4-6-15/h2-7,11,14,17-18,20H,8-10,12H2,1H3,(H2,27,34)(H,29,35)/t14-,17-,18+,20-,25-/m1/s1. The first-order valence-corrected chi connectivity index (χ1v) is 11.7. The number of primary amides is 1. The number of benzene rings is 1. The topological polar surface area (TPSA) is 123 Å². The van der Waals surface area contributed by atoms with Gasteiger partial charge in [-0.3, -0.25) is 24.0 Å². The molecule has 10 heteroatoms. The Balaban J connectivity index is 1.20. The van der Waals surface area contributed by atoms with Gasteiger partial charge in [0.2, 0.25) is 11.8 Å². The molecule has 3 fully saturated rings. The van der Waals surface area contributed by atoms with Crippen LogP contribution in [0.3, 0.4) is 0 Å². The van der Waals surface area contributed by atoms with Crippen molar-refractivity contribution in [3.63, 3.8) is 0 Å². The molecule has 3 amide bonds. The van der Waals surface area contributed by atoms with Crippen LogP contribution in [0.4, 0.5) is 4.39 Å². The van der Waals surface area contributed by atoms with Crippen molar-refractivity contribution in [3.8, 4) is 0 Å². The second-order valence-electron chi connectivity index (χ2n) is 9.82. The van der Waals surface area contributed by atoms with Crippen LogP contribution in [0, 0.1) is 12.8 Å². The van der Waals surface area contributed by atoms with Crippen LogP contribution < -0.4 is 11.1 Å². The first-order valence-electron chi connectivity index (χ1n) is 11.7. The summed E-state index contributed by atoms with van der Waals surface area (Å²) in [6.07, 6.45) is 3.19. The van der Waals surface area contributed by atoms with E-state index in [1.165, 1.54) is 4.68 Å². The highest BCUT2D eigenvalue weighted by atomic mass is 19.1. The summed E-state index contributed by atoms with van der Waals surface area (Å²) in [4.78, 5) is 44.3. The molecule has 0 bridgehead atoms. The molecule has 2 saturated carbocycles. The van der Waals surface area contributed by atoms with E-state index in [-0.39, 0.29) is 42.4 Å². The molecule has 2 aliphatic carbocycles. The van der Waals surface area contributed by atoms with Crippen molar-refractivity contribution in [1.29, 1.82) is 0 Å². The predicted octanol–water partition coefficient (Wildman–Crippen LogP) is 1.58. The Bertz CT molecular complexity index is 1370. The first-order chi connectivity index (χ1) is 16.8. The third-order valence-corrected chi connectivity index (χ3v) is 7.45. The van der Waals surface area contributed by atoms with Crippen LogP contribution in [0.5, 0.6) is 0 Å². The Morgan fingerprint density at radius 3 is 2.74 bits per heavy atom. The zero-order valence-corrected chi connectivity index (χ0v) is 19.1. The van der Waals surface area contributed by atoms with Crippen molar-refractivity contribution in [2.24, 2.45) is 11.7 Å². The molecular formula is C25H25FN6O3. The summed E-state index contributed by atoms with van der Waals surface area (Å²) in [6, 6.07) is 9.27. The van der Waals surface area contributed by atoms with E-state index >= 15 is 4.39 Å². The summed E-state index contributed by atoms with van der Waals surface area (Å²) in [5.74, 6) is -1.02. The van der Waals surface area contributed by atoms with Crippen molar-refractivity contribution in [3.05, 3.63) is 59.5 Å². The van der Waals surface area contributed by atoms with E-state index < -0.39 is 23.7 Å². The first kappa shape index (κ1) is 21.7. The van der Waals surface area contributed by atoms with E-state index in [0.29, 0.717) is 28.6 Å². The maximum Gasteiger partial charge on any atom is 0.269 e. The molecule has 0 spiro atoms. The van der Waals surface area contributed by atoms with Gasteiger partial charge in [-0.05, 0) is 37.3 Å². The van der Waals surface area contributed by atoms with Gasteiger partial charge in [0.15, 0.2) is 11.4 Å². The van der Waals surface area contributed by atoms with Crippen LogP contribution >= 0.6 is 0 Å². The Kier molecular flexibility index (Phi) is 4.71. The molecule has 9 nitrogen and oxygen atoms in total. The van der Waals surface area contributed by atoms with Crippen molar-refractivity contribution < 1.29 is 18.8 Å². The highest BCUT2D eigenvalue weighted by Gasteiger charge is 2.60.